The monoisotopic (exact) mass is 463 g/mol. The minimum Gasteiger partial charge on any atom is -0.497 e. The minimum absolute atomic E-state index is 0.0376. The number of ether oxygens (including phenoxy) is 2. The molecule has 33 heavy (non-hydrogen) atoms. The fraction of sp³-hybridized carbons (Fsp3) is 0.407. The van der Waals surface area contributed by atoms with E-state index >= 15 is 0 Å². The van der Waals surface area contributed by atoms with Gasteiger partial charge in [-0.1, -0.05) is 18.2 Å². The van der Waals surface area contributed by atoms with Crippen molar-refractivity contribution in [2.45, 2.75) is 63.4 Å². The standard InChI is InChI=1S/C27H29NO4S/c1-16-24(27(30)32-19-8-3-4-9-19)25(17-7-5-10-20(13-17)31-2)26-21(28-16)14-18(15-22(26)29)23-11-6-12-33-23/h5-7,10-13,18-19,25,28H,3-4,8-9,14-15H2,1-2H3/t18-,25+/m1/s1. The maximum atomic E-state index is 13.6. The molecule has 0 bridgehead atoms. The molecule has 1 aromatic heterocycles. The summed E-state index contributed by atoms with van der Waals surface area (Å²) in [7, 11) is 1.62. The van der Waals surface area contributed by atoms with Gasteiger partial charge in [0.05, 0.1) is 12.7 Å². The molecule has 2 aliphatic carbocycles. The van der Waals surface area contributed by atoms with Crippen molar-refractivity contribution in [2.75, 3.05) is 7.11 Å². The molecule has 3 aliphatic rings. The van der Waals surface area contributed by atoms with Crippen LogP contribution in [-0.2, 0) is 14.3 Å². The molecular formula is C27H29NO4S. The Morgan fingerprint density at radius 3 is 2.67 bits per heavy atom. The summed E-state index contributed by atoms with van der Waals surface area (Å²) < 4.78 is 11.4. The third-order valence-corrected chi connectivity index (χ3v) is 8.03. The van der Waals surface area contributed by atoms with Crippen LogP contribution >= 0.6 is 11.3 Å². The van der Waals surface area contributed by atoms with E-state index in [1.54, 1.807) is 18.4 Å². The molecule has 2 heterocycles. The van der Waals surface area contributed by atoms with Crippen LogP contribution in [0.3, 0.4) is 0 Å². The first-order valence-corrected chi connectivity index (χ1v) is 12.6. The highest BCUT2D eigenvalue weighted by Gasteiger charge is 2.42. The smallest absolute Gasteiger partial charge is 0.337 e. The van der Waals surface area contributed by atoms with E-state index in [0.29, 0.717) is 23.3 Å². The molecule has 1 aliphatic heterocycles. The molecule has 0 amide bonds. The van der Waals surface area contributed by atoms with Gasteiger partial charge in [0.15, 0.2) is 5.78 Å². The molecule has 1 saturated carbocycles. The van der Waals surface area contributed by atoms with Crippen LogP contribution in [0.15, 0.2) is 64.3 Å². The SMILES string of the molecule is COc1cccc([C@H]2C(C(=O)OC3CCCC3)=C(C)NC3=C2C(=O)C[C@H](c2cccs2)C3)c1. The van der Waals surface area contributed by atoms with Gasteiger partial charge in [0.1, 0.15) is 11.9 Å². The van der Waals surface area contributed by atoms with Gasteiger partial charge >= 0.3 is 5.97 Å². The molecule has 1 fully saturated rings. The van der Waals surface area contributed by atoms with E-state index in [-0.39, 0.29) is 23.8 Å². The van der Waals surface area contributed by atoms with Gasteiger partial charge in [0.25, 0.3) is 0 Å². The first kappa shape index (κ1) is 22.0. The Balaban J connectivity index is 1.56. The maximum Gasteiger partial charge on any atom is 0.337 e. The second kappa shape index (κ2) is 9.18. The van der Waals surface area contributed by atoms with Crippen LogP contribution in [0.5, 0.6) is 5.75 Å². The average Bonchev–Trinajstić information content (AvgIpc) is 3.52. The predicted octanol–water partition coefficient (Wildman–Crippen LogP) is 5.60. The fourth-order valence-corrected chi connectivity index (χ4v) is 6.24. The van der Waals surface area contributed by atoms with Gasteiger partial charge in [0, 0.05) is 40.1 Å². The number of rotatable bonds is 5. The van der Waals surface area contributed by atoms with Crippen molar-refractivity contribution in [1.82, 2.24) is 5.32 Å². The first-order chi connectivity index (χ1) is 16.0. The van der Waals surface area contributed by atoms with Gasteiger partial charge in [-0.15, -0.1) is 11.3 Å². The Kier molecular flexibility index (Phi) is 6.11. The molecule has 2 atom stereocenters. The summed E-state index contributed by atoms with van der Waals surface area (Å²) >= 11 is 1.69. The molecule has 172 valence electrons. The number of dihydropyridines is 1. The van der Waals surface area contributed by atoms with Crippen molar-refractivity contribution >= 4 is 23.1 Å². The number of carbonyl (C=O) groups is 2. The number of benzene rings is 1. The summed E-state index contributed by atoms with van der Waals surface area (Å²) in [4.78, 5) is 28.3. The largest absolute Gasteiger partial charge is 0.497 e. The summed E-state index contributed by atoms with van der Waals surface area (Å²) in [5.41, 5.74) is 3.80. The average molecular weight is 464 g/mol. The zero-order valence-electron chi connectivity index (χ0n) is 19.1. The van der Waals surface area contributed by atoms with Crippen LogP contribution in [0.1, 0.15) is 67.7 Å². The van der Waals surface area contributed by atoms with E-state index in [4.69, 9.17) is 9.47 Å². The zero-order chi connectivity index (χ0) is 22.9. The number of nitrogens with one attached hydrogen (secondary N) is 1. The molecule has 0 saturated heterocycles. The second-order valence-corrected chi connectivity index (χ2v) is 10.1. The molecule has 0 unspecified atom stereocenters. The van der Waals surface area contributed by atoms with E-state index in [1.165, 1.54) is 4.88 Å². The Labute approximate surface area is 198 Å². The van der Waals surface area contributed by atoms with Crippen molar-refractivity contribution in [3.63, 3.8) is 0 Å². The Morgan fingerprint density at radius 2 is 1.94 bits per heavy atom. The third kappa shape index (κ3) is 4.24. The summed E-state index contributed by atoms with van der Waals surface area (Å²) in [5.74, 6) is 0.179. The quantitative estimate of drug-likeness (QED) is 0.585. The van der Waals surface area contributed by atoms with Crippen LogP contribution in [0.25, 0.3) is 0 Å². The molecule has 0 spiro atoms. The van der Waals surface area contributed by atoms with Crippen molar-refractivity contribution in [2.24, 2.45) is 0 Å². The molecule has 1 N–H and O–H groups in total. The van der Waals surface area contributed by atoms with Gasteiger partial charge in [0.2, 0.25) is 0 Å². The molecule has 0 radical (unpaired) electrons. The van der Waals surface area contributed by atoms with Crippen molar-refractivity contribution in [1.29, 1.82) is 0 Å². The van der Waals surface area contributed by atoms with Gasteiger partial charge in [-0.2, -0.15) is 0 Å². The van der Waals surface area contributed by atoms with Crippen LogP contribution in [0.4, 0.5) is 0 Å². The topological polar surface area (TPSA) is 64.6 Å². The fourth-order valence-electron chi connectivity index (χ4n) is 5.41. The number of esters is 1. The van der Waals surface area contributed by atoms with Crippen LogP contribution in [-0.4, -0.2) is 25.0 Å². The van der Waals surface area contributed by atoms with Crippen LogP contribution in [0.2, 0.25) is 0 Å². The number of allylic oxidation sites excluding steroid dienone is 3. The molecule has 1 aromatic carbocycles. The van der Waals surface area contributed by atoms with Crippen LogP contribution in [0, 0.1) is 0 Å². The van der Waals surface area contributed by atoms with Gasteiger partial charge in [-0.05, 0) is 68.2 Å². The van der Waals surface area contributed by atoms with E-state index in [0.717, 1.165) is 49.1 Å². The lowest BCUT2D eigenvalue weighted by molar-refractivity contribution is -0.144. The minimum atomic E-state index is -0.456. The van der Waals surface area contributed by atoms with E-state index < -0.39 is 5.92 Å². The lowest BCUT2D eigenvalue weighted by Crippen LogP contribution is -2.36. The predicted molar refractivity (Wildman–Crippen MR) is 128 cm³/mol. The number of methoxy groups -OCH3 is 1. The third-order valence-electron chi connectivity index (χ3n) is 7.00. The number of hydrogen-bond acceptors (Lipinski definition) is 6. The van der Waals surface area contributed by atoms with Crippen LogP contribution < -0.4 is 10.1 Å². The Hall–Kier alpha value is -2.86. The highest BCUT2D eigenvalue weighted by molar-refractivity contribution is 7.10. The maximum absolute atomic E-state index is 13.6. The van der Waals surface area contributed by atoms with Gasteiger partial charge in [-0.25, -0.2) is 4.79 Å². The number of Topliss-reactive ketones (excluding diaryl/α,β-unsaturated/α-hetero) is 1. The first-order valence-electron chi connectivity index (χ1n) is 11.7. The molecule has 5 rings (SSSR count). The lowest BCUT2D eigenvalue weighted by atomic mass is 9.72. The van der Waals surface area contributed by atoms with E-state index in [1.807, 2.05) is 37.3 Å². The zero-order valence-corrected chi connectivity index (χ0v) is 19.9. The molecule has 6 heteroatoms. The number of thiophene rings is 1. The van der Waals surface area contributed by atoms with E-state index in [9.17, 15) is 9.59 Å². The molecule has 5 nitrogen and oxygen atoms in total. The lowest BCUT2D eigenvalue weighted by Gasteiger charge is -2.36. The summed E-state index contributed by atoms with van der Waals surface area (Å²) in [5, 5.41) is 5.49. The van der Waals surface area contributed by atoms with Crippen molar-refractivity contribution in [3.8, 4) is 5.75 Å². The highest BCUT2D eigenvalue weighted by Crippen LogP contribution is 2.47. The molecule has 2 aromatic rings. The summed E-state index contributed by atoms with van der Waals surface area (Å²) in [6.45, 7) is 1.92. The Bertz CT molecular complexity index is 1120. The number of carbonyl (C=O) groups excluding carboxylic acids is 2. The Morgan fingerprint density at radius 1 is 1.12 bits per heavy atom. The number of ketones is 1. The van der Waals surface area contributed by atoms with Crippen molar-refractivity contribution < 1.29 is 19.1 Å². The highest BCUT2D eigenvalue weighted by atomic mass is 32.1. The molecular weight excluding hydrogens is 434 g/mol. The summed E-state index contributed by atoms with van der Waals surface area (Å²) in [6, 6.07) is 11.8. The van der Waals surface area contributed by atoms with E-state index in [2.05, 4.69) is 16.8 Å². The van der Waals surface area contributed by atoms with Gasteiger partial charge < -0.3 is 14.8 Å². The van der Waals surface area contributed by atoms with Gasteiger partial charge in [-0.3, -0.25) is 4.79 Å². The second-order valence-electron chi connectivity index (χ2n) is 9.12. The summed E-state index contributed by atoms with van der Waals surface area (Å²) in [6.07, 6.45) is 5.16. The van der Waals surface area contributed by atoms with Crippen molar-refractivity contribution in [3.05, 3.63) is 74.8 Å². The number of hydrogen-bond donors (Lipinski definition) is 1. The normalized spacial score (nSPS) is 23.4.